The van der Waals surface area contributed by atoms with E-state index in [0.29, 0.717) is 5.92 Å². The number of aromatic nitrogens is 3. The maximum Gasteiger partial charge on any atom is 0.124 e. The van der Waals surface area contributed by atoms with Crippen molar-refractivity contribution in [1.82, 2.24) is 14.4 Å². The van der Waals surface area contributed by atoms with Gasteiger partial charge in [-0.05, 0) is 73.4 Å². The molecule has 4 heterocycles. The molecule has 0 amide bonds. The zero-order valence-corrected chi connectivity index (χ0v) is 17.3. The zero-order valence-electron chi connectivity index (χ0n) is 17.3. The lowest BCUT2D eigenvalue weighted by atomic mass is 9.84. The first-order valence-corrected chi connectivity index (χ1v) is 11.1. The van der Waals surface area contributed by atoms with Gasteiger partial charge in [-0.1, -0.05) is 0 Å². The molecule has 1 aliphatic carbocycles. The number of aliphatic hydroxyl groups excluding tert-OH is 1. The molecular formula is C25H25FN4O. The molecule has 3 aromatic heterocycles. The van der Waals surface area contributed by atoms with Crippen LogP contribution in [0.1, 0.15) is 48.8 Å². The van der Waals surface area contributed by atoms with Crippen molar-refractivity contribution < 1.29 is 9.50 Å². The average molecular weight is 417 g/mol. The SMILES string of the molecule is OC(c1c(C2CC2)ccn2cncc12)C1CCN(c2ccnc3ccc(F)cc23)CC1. The fourth-order valence-electron chi connectivity index (χ4n) is 5.17. The number of pyridine rings is 2. The molecule has 1 aliphatic heterocycles. The largest absolute Gasteiger partial charge is 0.388 e. The Bertz CT molecular complexity index is 1260. The maximum atomic E-state index is 13.9. The van der Waals surface area contributed by atoms with E-state index in [2.05, 4.69) is 27.1 Å². The number of fused-ring (bicyclic) bond motifs is 2. The Labute approximate surface area is 180 Å². The summed E-state index contributed by atoms with van der Waals surface area (Å²) in [5.74, 6) is 0.524. The molecule has 1 atom stereocenters. The topological polar surface area (TPSA) is 53.7 Å². The van der Waals surface area contributed by atoms with Crippen molar-refractivity contribution in [3.63, 3.8) is 0 Å². The Morgan fingerprint density at radius 1 is 1.06 bits per heavy atom. The molecule has 31 heavy (non-hydrogen) atoms. The summed E-state index contributed by atoms with van der Waals surface area (Å²) < 4.78 is 15.9. The van der Waals surface area contributed by atoms with Gasteiger partial charge in [0.05, 0.1) is 29.7 Å². The van der Waals surface area contributed by atoms with Crippen LogP contribution in [0.2, 0.25) is 0 Å². The number of hydrogen-bond donors (Lipinski definition) is 1. The zero-order chi connectivity index (χ0) is 20.9. The normalized spacial score (nSPS) is 18.7. The van der Waals surface area contributed by atoms with E-state index in [1.807, 2.05) is 16.7 Å². The number of benzene rings is 1. The van der Waals surface area contributed by atoms with Gasteiger partial charge < -0.3 is 14.4 Å². The maximum absolute atomic E-state index is 13.9. The number of nitrogens with zero attached hydrogens (tertiary/aromatic N) is 4. The Morgan fingerprint density at radius 3 is 2.71 bits per heavy atom. The van der Waals surface area contributed by atoms with Crippen LogP contribution in [0.5, 0.6) is 0 Å². The minimum atomic E-state index is -0.496. The molecule has 5 nitrogen and oxygen atoms in total. The molecule has 1 saturated heterocycles. The van der Waals surface area contributed by atoms with E-state index in [1.165, 1.54) is 24.5 Å². The van der Waals surface area contributed by atoms with Gasteiger partial charge in [0.25, 0.3) is 0 Å². The summed E-state index contributed by atoms with van der Waals surface area (Å²) in [6.45, 7) is 1.66. The minimum Gasteiger partial charge on any atom is -0.388 e. The highest BCUT2D eigenvalue weighted by Gasteiger charge is 2.34. The van der Waals surface area contributed by atoms with Gasteiger partial charge in [-0.15, -0.1) is 0 Å². The van der Waals surface area contributed by atoms with E-state index in [0.717, 1.165) is 53.6 Å². The van der Waals surface area contributed by atoms with Crippen LogP contribution in [0, 0.1) is 11.7 Å². The third-order valence-electron chi connectivity index (χ3n) is 6.99. The Hall–Kier alpha value is -2.99. The highest BCUT2D eigenvalue weighted by Crippen LogP contribution is 2.46. The van der Waals surface area contributed by atoms with Crippen molar-refractivity contribution in [2.75, 3.05) is 18.0 Å². The highest BCUT2D eigenvalue weighted by molar-refractivity contribution is 5.91. The van der Waals surface area contributed by atoms with Crippen molar-refractivity contribution in [1.29, 1.82) is 0 Å². The summed E-state index contributed by atoms with van der Waals surface area (Å²) in [6.07, 6.45) is 11.2. The van der Waals surface area contributed by atoms with Gasteiger partial charge >= 0.3 is 0 Å². The summed E-state index contributed by atoms with van der Waals surface area (Å²) in [5, 5.41) is 12.3. The van der Waals surface area contributed by atoms with Crippen molar-refractivity contribution in [2.45, 2.75) is 37.7 Å². The van der Waals surface area contributed by atoms with Crippen molar-refractivity contribution in [3.8, 4) is 0 Å². The van der Waals surface area contributed by atoms with Crippen molar-refractivity contribution in [3.05, 3.63) is 72.2 Å². The summed E-state index contributed by atoms with van der Waals surface area (Å²) in [6, 6.07) is 8.89. The van der Waals surface area contributed by atoms with Crippen LogP contribution >= 0.6 is 0 Å². The standard InChI is InChI=1S/C25H25FN4O/c26-18-3-4-21-20(13-18)22(5-9-28-21)29-10-6-17(7-11-29)25(31)24-19(16-1-2-16)8-12-30-15-27-14-23(24)30/h3-5,8-9,12-17,25,31H,1-2,6-7,10-11H2. The fraction of sp³-hybridized carbons (Fsp3) is 0.360. The first-order chi connectivity index (χ1) is 15.2. The summed E-state index contributed by atoms with van der Waals surface area (Å²) >= 11 is 0. The number of piperidine rings is 1. The van der Waals surface area contributed by atoms with E-state index in [9.17, 15) is 9.50 Å². The van der Waals surface area contributed by atoms with E-state index in [-0.39, 0.29) is 11.7 Å². The van der Waals surface area contributed by atoms with Gasteiger partial charge in [0.15, 0.2) is 0 Å². The predicted molar refractivity (Wildman–Crippen MR) is 119 cm³/mol. The molecular weight excluding hydrogens is 391 g/mol. The smallest absolute Gasteiger partial charge is 0.124 e. The molecule has 2 aliphatic rings. The average Bonchev–Trinajstić information content (AvgIpc) is 3.54. The van der Waals surface area contributed by atoms with Gasteiger partial charge in [0, 0.05) is 42.1 Å². The molecule has 1 aromatic carbocycles. The molecule has 0 spiro atoms. The summed E-state index contributed by atoms with van der Waals surface area (Å²) in [5.41, 5.74) is 5.21. The van der Waals surface area contributed by atoms with Crippen LogP contribution in [0.15, 0.2) is 55.2 Å². The molecule has 0 bridgehead atoms. The van der Waals surface area contributed by atoms with Gasteiger partial charge in [0.1, 0.15) is 5.82 Å². The minimum absolute atomic E-state index is 0.194. The van der Waals surface area contributed by atoms with E-state index >= 15 is 0 Å². The van der Waals surface area contributed by atoms with Gasteiger partial charge in [-0.25, -0.2) is 9.37 Å². The molecule has 1 saturated carbocycles. The molecule has 6 heteroatoms. The van der Waals surface area contributed by atoms with Crippen LogP contribution in [-0.4, -0.2) is 32.6 Å². The molecule has 1 N–H and O–H groups in total. The first-order valence-electron chi connectivity index (χ1n) is 11.1. The quantitative estimate of drug-likeness (QED) is 0.517. The fourth-order valence-corrected chi connectivity index (χ4v) is 5.17. The Kier molecular flexibility index (Phi) is 4.42. The lowest BCUT2D eigenvalue weighted by Crippen LogP contribution is -2.36. The Morgan fingerprint density at radius 2 is 1.90 bits per heavy atom. The van der Waals surface area contributed by atoms with Gasteiger partial charge in [-0.2, -0.15) is 0 Å². The van der Waals surface area contributed by atoms with E-state index in [4.69, 9.17) is 0 Å². The van der Waals surface area contributed by atoms with Crippen LogP contribution in [0.3, 0.4) is 0 Å². The number of anilines is 1. The summed E-state index contributed by atoms with van der Waals surface area (Å²) in [4.78, 5) is 11.0. The molecule has 1 unspecified atom stereocenters. The molecule has 158 valence electrons. The lowest BCUT2D eigenvalue weighted by molar-refractivity contribution is 0.0931. The van der Waals surface area contributed by atoms with Crippen LogP contribution < -0.4 is 4.90 Å². The van der Waals surface area contributed by atoms with E-state index in [1.54, 1.807) is 24.7 Å². The van der Waals surface area contributed by atoms with Gasteiger partial charge in [-0.3, -0.25) is 4.98 Å². The van der Waals surface area contributed by atoms with E-state index < -0.39 is 6.10 Å². The third-order valence-corrected chi connectivity index (χ3v) is 6.99. The van der Waals surface area contributed by atoms with Gasteiger partial charge in [0.2, 0.25) is 0 Å². The molecule has 2 fully saturated rings. The monoisotopic (exact) mass is 416 g/mol. The molecule has 4 aromatic rings. The number of rotatable bonds is 4. The van der Waals surface area contributed by atoms with Crippen LogP contribution in [0.25, 0.3) is 16.4 Å². The lowest BCUT2D eigenvalue weighted by Gasteiger charge is -2.36. The highest BCUT2D eigenvalue weighted by atomic mass is 19.1. The number of hydrogen-bond acceptors (Lipinski definition) is 4. The number of halogens is 1. The first kappa shape index (κ1) is 18.8. The summed E-state index contributed by atoms with van der Waals surface area (Å²) in [7, 11) is 0. The van der Waals surface area contributed by atoms with Crippen molar-refractivity contribution >= 4 is 22.1 Å². The van der Waals surface area contributed by atoms with Crippen molar-refractivity contribution in [2.24, 2.45) is 5.92 Å². The van der Waals surface area contributed by atoms with Crippen LogP contribution in [0.4, 0.5) is 10.1 Å². The number of aliphatic hydroxyl groups is 1. The molecule has 0 radical (unpaired) electrons. The number of imidazole rings is 1. The predicted octanol–water partition coefficient (Wildman–Crippen LogP) is 4.85. The third kappa shape index (κ3) is 3.26. The second kappa shape index (κ2) is 7.31. The van der Waals surface area contributed by atoms with Crippen LogP contribution in [-0.2, 0) is 0 Å². The second-order valence-electron chi connectivity index (χ2n) is 8.91. The Balaban J connectivity index is 1.27. The second-order valence-corrected chi connectivity index (χ2v) is 8.91. The molecule has 6 rings (SSSR count).